The maximum atomic E-state index is 13.1. The van der Waals surface area contributed by atoms with Crippen molar-refractivity contribution in [3.8, 4) is 11.1 Å². The van der Waals surface area contributed by atoms with Gasteiger partial charge in [0.15, 0.2) is 0 Å². The third kappa shape index (κ3) is 9.84. The predicted octanol–water partition coefficient (Wildman–Crippen LogP) is 5.84. The van der Waals surface area contributed by atoms with Gasteiger partial charge >= 0.3 is 0 Å². The molecule has 0 aliphatic rings. The van der Waals surface area contributed by atoms with Crippen LogP contribution in [0, 0.1) is 5.92 Å². The Morgan fingerprint density at radius 1 is 0.857 bits per heavy atom. The topological polar surface area (TPSA) is 101 Å². The van der Waals surface area contributed by atoms with Crippen molar-refractivity contribution in [3.63, 3.8) is 0 Å². The van der Waals surface area contributed by atoms with Gasteiger partial charge in [-0.25, -0.2) is 13.1 Å². The zero-order chi connectivity index (χ0) is 30.5. The number of nitrogens with zero attached hydrogens (tertiary/aromatic N) is 1. The molecule has 7 nitrogen and oxygen atoms in total. The molecule has 0 aliphatic heterocycles. The summed E-state index contributed by atoms with van der Waals surface area (Å²) in [5, 5.41) is 0. The molecule has 9 heteroatoms. The van der Waals surface area contributed by atoms with E-state index in [1.54, 1.807) is 23.1 Å². The summed E-state index contributed by atoms with van der Waals surface area (Å²) in [4.78, 5) is 39.3. The molecule has 1 atom stereocenters. The van der Waals surface area contributed by atoms with Crippen LogP contribution in [0.15, 0.2) is 83.8 Å². The summed E-state index contributed by atoms with van der Waals surface area (Å²) in [7, 11) is -4.02. The van der Waals surface area contributed by atoms with E-state index in [9.17, 15) is 22.8 Å². The summed E-state index contributed by atoms with van der Waals surface area (Å²) in [6.45, 7) is 4.06. The van der Waals surface area contributed by atoms with Crippen LogP contribution in [0.4, 0.5) is 0 Å². The van der Waals surface area contributed by atoms with E-state index in [0.717, 1.165) is 30.9 Å². The standard InChI is InChI=1S/C33H40N2O5S2/c1-3-4-16-33(38)35(21-10-14-31(37)29(24-41)22-26-11-6-5-7-12-26)23-27-17-19-28(20-18-27)30-13-8-9-15-32(30)42(39,40)34-25(2)36/h5-9,11-13,15,17-20,29,41H,3-4,10,14,16,21-24H2,1-2H3,(H,34,36)/t29-/m1/s1. The normalized spacial score (nSPS) is 12.0. The summed E-state index contributed by atoms with van der Waals surface area (Å²) in [5.74, 6) is -0.131. The number of unbranched alkanes of at least 4 members (excludes halogenated alkanes) is 1. The van der Waals surface area contributed by atoms with E-state index in [-0.39, 0.29) is 22.5 Å². The monoisotopic (exact) mass is 608 g/mol. The fraction of sp³-hybridized carbons (Fsp3) is 0.364. The van der Waals surface area contributed by atoms with Crippen molar-refractivity contribution in [2.45, 2.75) is 63.8 Å². The lowest BCUT2D eigenvalue weighted by molar-refractivity contribution is -0.132. The van der Waals surface area contributed by atoms with E-state index in [1.807, 2.05) is 66.2 Å². The minimum Gasteiger partial charge on any atom is -0.338 e. The second-order valence-electron chi connectivity index (χ2n) is 10.4. The Bertz CT molecular complexity index is 1440. The van der Waals surface area contributed by atoms with Gasteiger partial charge in [0.2, 0.25) is 11.8 Å². The molecule has 224 valence electrons. The van der Waals surface area contributed by atoms with Crippen molar-refractivity contribution in [1.29, 1.82) is 0 Å². The summed E-state index contributed by atoms with van der Waals surface area (Å²) < 4.78 is 27.4. The van der Waals surface area contributed by atoms with Crippen molar-refractivity contribution >= 4 is 40.2 Å². The van der Waals surface area contributed by atoms with Gasteiger partial charge in [-0.3, -0.25) is 14.4 Å². The number of rotatable bonds is 16. The van der Waals surface area contributed by atoms with E-state index < -0.39 is 15.9 Å². The molecule has 3 aromatic rings. The molecule has 3 aromatic carbocycles. The maximum Gasteiger partial charge on any atom is 0.264 e. The predicted molar refractivity (Wildman–Crippen MR) is 170 cm³/mol. The van der Waals surface area contributed by atoms with Crippen molar-refractivity contribution < 1.29 is 22.8 Å². The molecule has 0 saturated carbocycles. The van der Waals surface area contributed by atoms with E-state index in [1.165, 1.54) is 6.07 Å². The number of carbonyl (C=O) groups excluding carboxylic acids is 3. The number of hydrogen-bond donors (Lipinski definition) is 2. The third-order valence-corrected chi connectivity index (χ3v) is 8.97. The maximum absolute atomic E-state index is 13.1. The van der Waals surface area contributed by atoms with Crippen LogP contribution in [0.25, 0.3) is 11.1 Å². The average molecular weight is 609 g/mol. The summed E-state index contributed by atoms with van der Waals surface area (Å²) in [5.41, 5.74) is 3.16. The molecule has 1 N–H and O–H groups in total. The highest BCUT2D eigenvalue weighted by Gasteiger charge is 2.21. The minimum absolute atomic E-state index is 0.0146. The number of ketones is 1. The zero-order valence-corrected chi connectivity index (χ0v) is 26.0. The number of hydrogen-bond acceptors (Lipinski definition) is 6. The Labute approximate surface area is 255 Å². The Kier molecular flexibility index (Phi) is 12.8. The lowest BCUT2D eigenvalue weighted by atomic mass is 9.94. The third-order valence-electron chi connectivity index (χ3n) is 7.04. The van der Waals surface area contributed by atoms with Crippen LogP contribution in [-0.2, 0) is 37.4 Å². The molecule has 0 unspecified atom stereocenters. The number of Topliss-reactive ketones (excluding diaryl/α,β-unsaturated/α-hetero) is 1. The molecule has 0 radical (unpaired) electrons. The Morgan fingerprint density at radius 2 is 1.52 bits per heavy atom. The SMILES string of the molecule is CCCCC(=O)N(CCCC(=O)[C@@H](CS)Cc1ccccc1)Cc1ccc(-c2ccccc2S(=O)(=O)NC(C)=O)cc1. The average Bonchev–Trinajstić information content (AvgIpc) is 2.98. The Morgan fingerprint density at radius 3 is 2.17 bits per heavy atom. The quantitative estimate of drug-likeness (QED) is 0.199. The molecule has 3 rings (SSSR count). The van der Waals surface area contributed by atoms with Gasteiger partial charge in [-0.15, -0.1) is 0 Å². The lowest BCUT2D eigenvalue weighted by Gasteiger charge is -2.23. The first-order chi connectivity index (χ1) is 20.1. The van der Waals surface area contributed by atoms with E-state index in [2.05, 4.69) is 12.6 Å². The molecule has 0 heterocycles. The van der Waals surface area contributed by atoms with Crippen LogP contribution in [0.3, 0.4) is 0 Å². The molecular formula is C33H40N2O5S2. The van der Waals surface area contributed by atoms with Crippen molar-refractivity contribution in [3.05, 3.63) is 90.0 Å². The van der Waals surface area contributed by atoms with Gasteiger partial charge in [0, 0.05) is 50.1 Å². The number of thiol groups is 1. The molecule has 2 amide bonds. The molecular weight excluding hydrogens is 569 g/mol. The van der Waals surface area contributed by atoms with Gasteiger partial charge in [-0.1, -0.05) is 86.1 Å². The second-order valence-corrected chi connectivity index (χ2v) is 12.4. The molecule has 0 aliphatic carbocycles. The largest absolute Gasteiger partial charge is 0.338 e. The molecule has 0 aromatic heterocycles. The van der Waals surface area contributed by atoms with Gasteiger partial charge in [-0.2, -0.15) is 12.6 Å². The Balaban J connectivity index is 1.69. The van der Waals surface area contributed by atoms with Crippen molar-refractivity contribution in [2.24, 2.45) is 5.92 Å². The summed E-state index contributed by atoms with van der Waals surface area (Å²) >= 11 is 4.42. The van der Waals surface area contributed by atoms with Crippen LogP contribution in [0.5, 0.6) is 0 Å². The highest BCUT2D eigenvalue weighted by atomic mass is 32.2. The highest BCUT2D eigenvalue weighted by Crippen LogP contribution is 2.28. The molecule has 42 heavy (non-hydrogen) atoms. The first-order valence-electron chi connectivity index (χ1n) is 14.3. The van der Waals surface area contributed by atoms with Crippen molar-refractivity contribution in [2.75, 3.05) is 12.3 Å². The van der Waals surface area contributed by atoms with Crippen LogP contribution < -0.4 is 4.72 Å². The van der Waals surface area contributed by atoms with Gasteiger partial charge in [0.1, 0.15) is 5.78 Å². The molecule has 0 saturated heterocycles. The van der Waals surface area contributed by atoms with E-state index >= 15 is 0 Å². The van der Waals surface area contributed by atoms with Gasteiger partial charge in [0.25, 0.3) is 10.0 Å². The van der Waals surface area contributed by atoms with Gasteiger partial charge in [-0.05, 0) is 42.0 Å². The lowest BCUT2D eigenvalue weighted by Crippen LogP contribution is -2.32. The first kappa shape index (κ1) is 33.1. The van der Waals surface area contributed by atoms with Crippen LogP contribution >= 0.6 is 12.6 Å². The fourth-order valence-corrected chi connectivity index (χ4v) is 6.35. The van der Waals surface area contributed by atoms with Gasteiger partial charge < -0.3 is 4.90 Å². The number of nitrogens with one attached hydrogen (secondary N) is 1. The summed E-state index contributed by atoms with van der Waals surface area (Å²) in [6, 6.07) is 23.8. The summed E-state index contributed by atoms with van der Waals surface area (Å²) in [6.07, 6.45) is 3.77. The number of carbonyl (C=O) groups is 3. The number of amides is 2. The molecule has 0 bridgehead atoms. The highest BCUT2D eigenvalue weighted by molar-refractivity contribution is 7.90. The first-order valence-corrected chi connectivity index (χ1v) is 16.4. The van der Waals surface area contributed by atoms with E-state index in [4.69, 9.17) is 0 Å². The second kappa shape index (κ2) is 16.3. The van der Waals surface area contributed by atoms with Crippen LogP contribution in [0.1, 0.15) is 57.1 Å². The molecule has 0 fully saturated rings. The van der Waals surface area contributed by atoms with E-state index in [0.29, 0.717) is 55.7 Å². The minimum atomic E-state index is -4.02. The van der Waals surface area contributed by atoms with Crippen LogP contribution in [0.2, 0.25) is 0 Å². The number of sulfonamides is 1. The zero-order valence-electron chi connectivity index (χ0n) is 24.3. The Hall–Kier alpha value is -3.43. The smallest absolute Gasteiger partial charge is 0.264 e. The van der Waals surface area contributed by atoms with Gasteiger partial charge in [0.05, 0.1) is 4.90 Å². The fourth-order valence-electron chi connectivity index (χ4n) is 4.80. The number of benzene rings is 3. The van der Waals surface area contributed by atoms with Crippen LogP contribution in [-0.4, -0.2) is 43.2 Å². The van der Waals surface area contributed by atoms with Crippen molar-refractivity contribution in [1.82, 2.24) is 9.62 Å². The molecule has 0 spiro atoms.